The van der Waals surface area contributed by atoms with Crippen LogP contribution in [0, 0.1) is 0 Å². The number of carbonyl (C=O) groups is 2. The summed E-state index contributed by atoms with van der Waals surface area (Å²) in [5.41, 5.74) is 0. The van der Waals surface area contributed by atoms with E-state index in [1.807, 2.05) is 33.3 Å². The number of esters is 1. The van der Waals surface area contributed by atoms with Crippen molar-refractivity contribution in [2.75, 3.05) is 40.9 Å². The highest BCUT2D eigenvalue weighted by molar-refractivity contribution is 7.45. The van der Waals surface area contributed by atoms with Gasteiger partial charge in [-0.15, -0.1) is 0 Å². The number of nitrogens with one attached hydrogen (secondary N) is 1. The second-order valence-corrected chi connectivity index (χ2v) is 22.9. The standard InChI is InChI=1S/C63H115N2O7P/c1-7-10-13-16-19-22-25-28-29-30-31-32-33-34-35-38-40-43-46-49-52-55-62(66)64-60(59-71-73(68,69)70-58-57-65(4,5)6)61(54-51-48-45-42-39-36-26-23-20-17-14-11-8-2)72-63(67)56-53-50-47-44-41-37-27-24-21-18-15-12-9-3/h19,22,28-29,31-32,34-35,37,41,51,54,60-61H,7-18,20-21,23-27,30,33,36,38-40,42-50,52-53,55-59H2,1-6H3,(H-,64,66,68,69)/b22-19-,29-28-,32-31-,35-34-,41-37-,54-51-. The lowest BCUT2D eigenvalue weighted by Gasteiger charge is -2.30. The van der Waals surface area contributed by atoms with E-state index in [0.717, 1.165) is 96.3 Å². The summed E-state index contributed by atoms with van der Waals surface area (Å²) in [6.07, 6.45) is 67.2. The van der Waals surface area contributed by atoms with Gasteiger partial charge in [0.2, 0.25) is 5.91 Å². The van der Waals surface area contributed by atoms with E-state index < -0.39 is 26.6 Å². The van der Waals surface area contributed by atoms with E-state index >= 15 is 0 Å². The minimum absolute atomic E-state index is 0.0307. The number of allylic oxidation sites excluding steroid dienone is 11. The number of hydrogen-bond acceptors (Lipinski definition) is 7. The summed E-state index contributed by atoms with van der Waals surface area (Å²) >= 11 is 0. The van der Waals surface area contributed by atoms with Crippen LogP contribution < -0.4 is 10.2 Å². The molecule has 10 heteroatoms. The predicted octanol–water partition coefficient (Wildman–Crippen LogP) is 17.8. The monoisotopic (exact) mass is 1040 g/mol. The van der Waals surface area contributed by atoms with Gasteiger partial charge in [-0.1, -0.05) is 222 Å². The molecule has 0 aromatic rings. The first-order chi connectivity index (χ1) is 35.4. The van der Waals surface area contributed by atoms with Crippen LogP contribution in [-0.4, -0.2) is 69.4 Å². The number of hydrogen-bond donors (Lipinski definition) is 1. The molecule has 0 saturated carbocycles. The maximum absolute atomic E-state index is 13.5. The number of amides is 1. The molecule has 3 atom stereocenters. The maximum Gasteiger partial charge on any atom is 0.306 e. The molecule has 0 aliphatic carbocycles. The van der Waals surface area contributed by atoms with Crippen molar-refractivity contribution in [3.05, 3.63) is 72.9 Å². The van der Waals surface area contributed by atoms with Crippen LogP contribution in [0.1, 0.15) is 265 Å². The fourth-order valence-corrected chi connectivity index (χ4v) is 9.10. The van der Waals surface area contributed by atoms with Gasteiger partial charge in [0.1, 0.15) is 19.3 Å². The van der Waals surface area contributed by atoms with E-state index in [-0.39, 0.29) is 24.9 Å². The van der Waals surface area contributed by atoms with Gasteiger partial charge in [0.15, 0.2) is 0 Å². The van der Waals surface area contributed by atoms with Crippen molar-refractivity contribution in [1.29, 1.82) is 0 Å². The lowest BCUT2D eigenvalue weighted by molar-refractivity contribution is -0.870. The summed E-state index contributed by atoms with van der Waals surface area (Å²) in [6, 6.07) is -0.906. The fourth-order valence-electron chi connectivity index (χ4n) is 8.38. The van der Waals surface area contributed by atoms with Crippen molar-refractivity contribution in [2.24, 2.45) is 0 Å². The number of ether oxygens (including phenoxy) is 1. The Morgan fingerprint density at radius 2 is 0.836 bits per heavy atom. The Morgan fingerprint density at radius 1 is 0.479 bits per heavy atom. The third-order valence-corrected chi connectivity index (χ3v) is 14.1. The second kappa shape index (κ2) is 52.9. The Morgan fingerprint density at radius 3 is 1.30 bits per heavy atom. The third-order valence-electron chi connectivity index (χ3n) is 13.1. The molecule has 0 radical (unpaired) electrons. The first-order valence-electron chi connectivity index (χ1n) is 30.2. The zero-order chi connectivity index (χ0) is 53.6. The van der Waals surface area contributed by atoms with Crippen LogP contribution in [0.4, 0.5) is 0 Å². The van der Waals surface area contributed by atoms with Gasteiger partial charge < -0.3 is 28.5 Å². The lowest BCUT2D eigenvalue weighted by atomic mass is 10.0. The molecule has 0 rings (SSSR count). The number of phosphoric acid groups is 1. The quantitative estimate of drug-likeness (QED) is 0.0212. The van der Waals surface area contributed by atoms with E-state index in [0.29, 0.717) is 30.3 Å². The largest absolute Gasteiger partial charge is 0.756 e. The Hall–Kier alpha value is -2.55. The van der Waals surface area contributed by atoms with Crippen molar-refractivity contribution >= 4 is 19.7 Å². The Labute approximate surface area is 451 Å². The molecule has 0 aromatic heterocycles. The highest BCUT2D eigenvalue weighted by atomic mass is 31.2. The first-order valence-corrected chi connectivity index (χ1v) is 31.7. The average molecular weight is 1040 g/mol. The van der Waals surface area contributed by atoms with Gasteiger partial charge in [-0.3, -0.25) is 14.2 Å². The smallest absolute Gasteiger partial charge is 0.306 e. The highest BCUT2D eigenvalue weighted by Crippen LogP contribution is 2.38. The van der Waals surface area contributed by atoms with Gasteiger partial charge in [0.05, 0.1) is 33.8 Å². The minimum Gasteiger partial charge on any atom is -0.756 e. The molecule has 0 bridgehead atoms. The van der Waals surface area contributed by atoms with Crippen LogP contribution in [0.5, 0.6) is 0 Å². The molecule has 424 valence electrons. The molecule has 0 heterocycles. The van der Waals surface area contributed by atoms with Gasteiger partial charge in [0, 0.05) is 12.8 Å². The van der Waals surface area contributed by atoms with E-state index in [2.05, 4.69) is 86.8 Å². The molecule has 1 amide bonds. The van der Waals surface area contributed by atoms with Crippen molar-refractivity contribution in [2.45, 2.75) is 277 Å². The second-order valence-electron chi connectivity index (χ2n) is 21.5. The number of carbonyl (C=O) groups excluding carboxylic acids is 2. The van der Waals surface area contributed by atoms with E-state index in [4.69, 9.17) is 13.8 Å². The number of nitrogens with zero attached hydrogens (tertiary/aromatic N) is 1. The van der Waals surface area contributed by atoms with Crippen LogP contribution in [0.15, 0.2) is 72.9 Å². The molecule has 0 fully saturated rings. The molecular weight excluding hydrogens is 928 g/mol. The number of phosphoric ester groups is 1. The molecule has 0 spiro atoms. The molecule has 0 aliphatic rings. The predicted molar refractivity (Wildman–Crippen MR) is 312 cm³/mol. The number of likely N-dealkylation sites (N-methyl/N-ethyl adjacent to an activating group) is 1. The summed E-state index contributed by atoms with van der Waals surface area (Å²) in [5, 5.41) is 3.01. The summed E-state index contributed by atoms with van der Waals surface area (Å²) in [7, 11) is 1.16. The van der Waals surface area contributed by atoms with Crippen molar-refractivity contribution in [1.82, 2.24) is 5.32 Å². The maximum atomic E-state index is 13.5. The molecule has 1 N–H and O–H groups in total. The van der Waals surface area contributed by atoms with Gasteiger partial charge in [0.25, 0.3) is 7.82 Å². The van der Waals surface area contributed by atoms with Crippen LogP contribution in [0.2, 0.25) is 0 Å². The average Bonchev–Trinajstić information content (AvgIpc) is 3.35. The van der Waals surface area contributed by atoms with Gasteiger partial charge in [-0.2, -0.15) is 0 Å². The number of unbranched alkanes of at least 4 members (excludes halogenated alkanes) is 28. The fraction of sp³-hybridized carbons (Fsp3) is 0.778. The van der Waals surface area contributed by atoms with Crippen molar-refractivity contribution in [3.63, 3.8) is 0 Å². The topological polar surface area (TPSA) is 114 Å². The molecule has 0 aromatic carbocycles. The van der Waals surface area contributed by atoms with E-state index in [1.165, 1.54) is 122 Å². The number of quaternary nitrogens is 1. The summed E-state index contributed by atoms with van der Waals surface area (Å²) < 4.78 is 30.2. The SMILES string of the molecule is CCCCC/C=C\C/C=C\C/C=C\C/C=C\CCCCCCCC(=O)NC(COP(=O)([O-])OCC[N+](C)(C)C)C(/C=C\CCCCCCCCCCCCC)OC(=O)CCCCC/C=C\CCCCCCCC. The Balaban J connectivity index is 5.34. The molecule has 0 aliphatic heterocycles. The lowest BCUT2D eigenvalue weighted by Crippen LogP contribution is -2.47. The molecule has 3 unspecified atom stereocenters. The van der Waals surface area contributed by atoms with E-state index in [9.17, 15) is 19.0 Å². The van der Waals surface area contributed by atoms with Crippen molar-refractivity contribution in [3.8, 4) is 0 Å². The van der Waals surface area contributed by atoms with Crippen LogP contribution in [0.3, 0.4) is 0 Å². The van der Waals surface area contributed by atoms with Crippen LogP contribution >= 0.6 is 7.82 Å². The summed E-state index contributed by atoms with van der Waals surface area (Å²) in [5.74, 6) is -0.580. The summed E-state index contributed by atoms with van der Waals surface area (Å²) in [6.45, 7) is 6.78. The van der Waals surface area contributed by atoms with Crippen LogP contribution in [0.25, 0.3) is 0 Å². The zero-order valence-corrected chi connectivity index (χ0v) is 49.2. The van der Waals surface area contributed by atoms with Crippen LogP contribution in [-0.2, 0) is 27.9 Å². The Bertz CT molecular complexity index is 1480. The van der Waals surface area contributed by atoms with Crippen molar-refractivity contribution < 1.29 is 37.3 Å². The normalized spacial score (nSPS) is 14.2. The molecular formula is C63H115N2O7P. The first kappa shape index (κ1) is 70.5. The van der Waals surface area contributed by atoms with E-state index in [1.54, 1.807) is 0 Å². The highest BCUT2D eigenvalue weighted by Gasteiger charge is 2.27. The minimum atomic E-state index is -4.71. The number of rotatable bonds is 54. The van der Waals surface area contributed by atoms with Gasteiger partial charge in [-0.05, 0) is 102 Å². The molecule has 73 heavy (non-hydrogen) atoms. The molecule has 9 nitrogen and oxygen atoms in total. The van der Waals surface area contributed by atoms with Gasteiger partial charge in [-0.25, -0.2) is 0 Å². The zero-order valence-electron chi connectivity index (χ0n) is 48.3. The Kier molecular flexibility index (Phi) is 51.0. The third kappa shape index (κ3) is 54.1. The molecule has 0 saturated heterocycles. The summed E-state index contributed by atoms with van der Waals surface area (Å²) in [4.78, 5) is 39.9. The van der Waals surface area contributed by atoms with Gasteiger partial charge >= 0.3 is 5.97 Å².